The molecule has 2 N–H and O–H groups in total. The predicted octanol–water partition coefficient (Wildman–Crippen LogP) is 0.967. The fourth-order valence-electron chi connectivity index (χ4n) is 4.36. The summed E-state index contributed by atoms with van der Waals surface area (Å²) in [7, 11) is 0. The Morgan fingerprint density at radius 1 is 0.903 bits per heavy atom. The smallest absolute Gasteiger partial charge is 0.239 e. The lowest BCUT2D eigenvalue weighted by Gasteiger charge is -2.38. The number of hydrogen-bond donors (Lipinski definition) is 2. The first-order chi connectivity index (χ1) is 15.1. The Bertz CT molecular complexity index is 879. The van der Waals surface area contributed by atoms with Crippen molar-refractivity contribution in [3.05, 3.63) is 71.8 Å². The van der Waals surface area contributed by atoms with Crippen molar-refractivity contribution in [3.63, 3.8) is 0 Å². The molecule has 0 unspecified atom stereocenters. The van der Waals surface area contributed by atoms with Crippen LogP contribution in [0.1, 0.15) is 23.5 Å². The number of benzene rings is 2. The number of hydrogen-bond acceptors (Lipinski definition) is 4. The molecule has 162 valence electrons. The molecular weight excluding hydrogens is 392 g/mol. The zero-order valence-corrected chi connectivity index (χ0v) is 17.5. The Morgan fingerprint density at radius 3 is 2.13 bits per heavy atom. The number of rotatable bonds is 6. The summed E-state index contributed by atoms with van der Waals surface area (Å²) in [6.07, 6.45) is 0.0788. The van der Waals surface area contributed by atoms with E-state index in [9.17, 15) is 14.4 Å². The van der Waals surface area contributed by atoms with Crippen molar-refractivity contribution in [2.45, 2.75) is 18.4 Å². The normalized spacial score (nSPS) is 19.8. The molecule has 2 aliphatic rings. The third kappa shape index (κ3) is 5.11. The lowest BCUT2D eigenvalue weighted by Crippen LogP contribution is -2.58. The van der Waals surface area contributed by atoms with Crippen LogP contribution in [0.3, 0.4) is 0 Å². The van der Waals surface area contributed by atoms with Gasteiger partial charge in [-0.15, -0.1) is 0 Å². The molecule has 2 aromatic rings. The molecule has 2 aliphatic heterocycles. The molecule has 4 rings (SSSR count). The molecule has 0 aliphatic carbocycles. The second kappa shape index (κ2) is 9.75. The second-order valence-corrected chi connectivity index (χ2v) is 8.05. The molecule has 2 fully saturated rings. The van der Waals surface area contributed by atoms with Crippen LogP contribution in [0, 0.1) is 0 Å². The van der Waals surface area contributed by atoms with Gasteiger partial charge in [-0.3, -0.25) is 19.3 Å². The molecule has 2 saturated heterocycles. The highest BCUT2D eigenvalue weighted by molar-refractivity contribution is 5.91. The van der Waals surface area contributed by atoms with Crippen molar-refractivity contribution in [1.82, 2.24) is 20.4 Å². The van der Waals surface area contributed by atoms with Gasteiger partial charge in [0, 0.05) is 38.6 Å². The van der Waals surface area contributed by atoms with Crippen molar-refractivity contribution in [3.8, 4) is 0 Å². The summed E-state index contributed by atoms with van der Waals surface area (Å²) in [5, 5.41) is 5.63. The van der Waals surface area contributed by atoms with Crippen LogP contribution < -0.4 is 10.6 Å². The zero-order chi connectivity index (χ0) is 21.6. The lowest BCUT2D eigenvalue weighted by atomic mass is 9.90. The first kappa shape index (κ1) is 21.1. The molecule has 0 saturated carbocycles. The van der Waals surface area contributed by atoms with Gasteiger partial charge >= 0.3 is 0 Å². The molecule has 1 atom stereocenters. The number of piperazine rings is 2. The van der Waals surface area contributed by atoms with Crippen molar-refractivity contribution >= 4 is 17.7 Å². The van der Waals surface area contributed by atoms with E-state index in [0.717, 1.165) is 0 Å². The minimum atomic E-state index is -0.541. The van der Waals surface area contributed by atoms with Crippen LogP contribution in [0.15, 0.2) is 60.7 Å². The summed E-state index contributed by atoms with van der Waals surface area (Å²) in [5.74, 6) is -0.344. The first-order valence-electron chi connectivity index (χ1n) is 10.8. The van der Waals surface area contributed by atoms with E-state index in [1.807, 2.05) is 36.4 Å². The Morgan fingerprint density at radius 2 is 1.52 bits per heavy atom. The van der Waals surface area contributed by atoms with Crippen LogP contribution in [0.2, 0.25) is 0 Å². The number of carbonyl (C=O) groups excluding carboxylic acids is 3. The van der Waals surface area contributed by atoms with Gasteiger partial charge in [-0.2, -0.15) is 0 Å². The summed E-state index contributed by atoms with van der Waals surface area (Å²) >= 11 is 0. The van der Waals surface area contributed by atoms with Crippen LogP contribution >= 0.6 is 0 Å². The van der Waals surface area contributed by atoms with Crippen LogP contribution in [-0.2, 0) is 14.4 Å². The van der Waals surface area contributed by atoms with Crippen LogP contribution in [-0.4, -0.2) is 72.8 Å². The van der Waals surface area contributed by atoms with Crippen LogP contribution in [0.5, 0.6) is 0 Å². The molecule has 2 aromatic carbocycles. The number of amides is 3. The van der Waals surface area contributed by atoms with Crippen molar-refractivity contribution in [2.75, 3.05) is 39.3 Å². The lowest BCUT2D eigenvalue weighted by molar-refractivity contribution is -0.142. The average Bonchev–Trinajstić information content (AvgIpc) is 2.80. The van der Waals surface area contributed by atoms with E-state index < -0.39 is 6.04 Å². The average molecular weight is 421 g/mol. The van der Waals surface area contributed by atoms with Gasteiger partial charge in [-0.25, -0.2) is 0 Å². The Kier molecular flexibility index (Phi) is 6.62. The van der Waals surface area contributed by atoms with Crippen LogP contribution in [0.4, 0.5) is 0 Å². The molecule has 2 heterocycles. The van der Waals surface area contributed by atoms with Gasteiger partial charge in [-0.05, 0) is 11.1 Å². The summed E-state index contributed by atoms with van der Waals surface area (Å²) in [4.78, 5) is 40.9. The maximum Gasteiger partial charge on any atom is 0.239 e. The standard InChI is InChI=1S/C24H28N4O3/c29-22-17-28(14-11-25-22)23(30)15-21-24(31)26-12-13-27(21)16-20(18-7-3-1-4-8-18)19-9-5-2-6-10-19/h1-10,20-21H,11-17H2,(H,25,29)(H,26,31)/t21-/m0/s1. The largest absolute Gasteiger partial charge is 0.353 e. The van der Waals surface area contributed by atoms with E-state index in [0.29, 0.717) is 32.7 Å². The molecule has 7 nitrogen and oxygen atoms in total. The summed E-state index contributed by atoms with van der Waals surface area (Å²) in [6, 6.07) is 20.0. The van der Waals surface area contributed by atoms with Crippen molar-refractivity contribution < 1.29 is 14.4 Å². The molecule has 7 heteroatoms. The van der Waals surface area contributed by atoms with Crippen molar-refractivity contribution in [2.24, 2.45) is 0 Å². The Balaban J connectivity index is 1.54. The van der Waals surface area contributed by atoms with Gasteiger partial charge in [0.15, 0.2) is 0 Å². The zero-order valence-electron chi connectivity index (χ0n) is 17.5. The summed E-state index contributed by atoms with van der Waals surface area (Å²) in [6.45, 7) is 2.88. The third-order valence-electron chi connectivity index (χ3n) is 6.02. The van der Waals surface area contributed by atoms with Gasteiger partial charge in [0.05, 0.1) is 19.0 Å². The minimum Gasteiger partial charge on any atom is -0.353 e. The third-order valence-corrected chi connectivity index (χ3v) is 6.02. The van der Waals surface area contributed by atoms with Gasteiger partial charge in [0.2, 0.25) is 17.7 Å². The van der Waals surface area contributed by atoms with Gasteiger partial charge in [0.1, 0.15) is 0 Å². The topological polar surface area (TPSA) is 81.8 Å². The highest BCUT2D eigenvalue weighted by Crippen LogP contribution is 2.27. The number of carbonyl (C=O) groups is 3. The highest BCUT2D eigenvalue weighted by Gasteiger charge is 2.35. The molecular formula is C24H28N4O3. The quantitative estimate of drug-likeness (QED) is 0.730. The van der Waals surface area contributed by atoms with Crippen LogP contribution in [0.25, 0.3) is 0 Å². The number of nitrogens with one attached hydrogen (secondary N) is 2. The summed E-state index contributed by atoms with van der Waals surface area (Å²) in [5.41, 5.74) is 2.36. The fraction of sp³-hybridized carbons (Fsp3) is 0.375. The van der Waals surface area contributed by atoms with E-state index in [-0.39, 0.29) is 36.6 Å². The molecule has 31 heavy (non-hydrogen) atoms. The molecule has 0 spiro atoms. The maximum atomic E-state index is 12.9. The maximum absolute atomic E-state index is 12.9. The van der Waals surface area contributed by atoms with E-state index in [1.165, 1.54) is 11.1 Å². The van der Waals surface area contributed by atoms with E-state index in [1.54, 1.807) is 4.90 Å². The van der Waals surface area contributed by atoms with Gasteiger partial charge in [0.25, 0.3) is 0 Å². The first-order valence-corrected chi connectivity index (χ1v) is 10.8. The highest BCUT2D eigenvalue weighted by atomic mass is 16.2. The summed E-state index contributed by atoms with van der Waals surface area (Å²) < 4.78 is 0. The predicted molar refractivity (Wildman–Crippen MR) is 117 cm³/mol. The number of nitrogens with zero attached hydrogens (tertiary/aromatic N) is 2. The minimum absolute atomic E-state index is 0.0594. The molecule has 0 bridgehead atoms. The Labute approximate surface area is 182 Å². The van der Waals surface area contributed by atoms with Gasteiger partial charge < -0.3 is 15.5 Å². The fourth-order valence-corrected chi connectivity index (χ4v) is 4.36. The monoisotopic (exact) mass is 420 g/mol. The molecule has 0 radical (unpaired) electrons. The molecule has 3 amide bonds. The van der Waals surface area contributed by atoms with Gasteiger partial charge in [-0.1, -0.05) is 60.7 Å². The van der Waals surface area contributed by atoms with E-state index >= 15 is 0 Å². The van der Waals surface area contributed by atoms with Crippen molar-refractivity contribution in [1.29, 1.82) is 0 Å². The molecule has 0 aromatic heterocycles. The van der Waals surface area contributed by atoms with E-state index in [4.69, 9.17) is 0 Å². The Hall–Kier alpha value is -3.19. The SMILES string of the molecule is O=C1CN(C(=O)C[C@H]2C(=O)NCCN2CC(c2ccccc2)c2ccccc2)CCN1. The van der Waals surface area contributed by atoms with E-state index in [2.05, 4.69) is 39.8 Å². The second-order valence-electron chi connectivity index (χ2n) is 8.05.